The Balaban J connectivity index is 0.000000362. The average molecular weight is 904 g/mol. The zero-order valence-corrected chi connectivity index (χ0v) is 27.0. The Kier molecular flexibility index (Phi) is 10.0. The van der Waals surface area contributed by atoms with Gasteiger partial charge in [-0.15, -0.1) is 0 Å². The van der Waals surface area contributed by atoms with Crippen molar-refractivity contribution >= 4 is 50.7 Å². The predicted octanol–water partition coefficient (Wildman–Crippen LogP) is 8.40. The maximum absolute atomic E-state index is 11.2. The van der Waals surface area contributed by atoms with Crippen LogP contribution in [-0.4, -0.2) is 68.9 Å². The number of aliphatic imine (C=N–C) groups is 2. The molecule has 5 rings (SSSR count). The van der Waals surface area contributed by atoms with Gasteiger partial charge in [-0.25, -0.2) is 15.0 Å². The van der Waals surface area contributed by atoms with Crippen LogP contribution < -0.4 is 0 Å². The molecule has 2 aromatic carbocycles. The molecule has 3 heterocycles. The topological polar surface area (TPSA) is 56.1 Å². The van der Waals surface area contributed by atoms with Gasteiger partial charge in [0.05, 0.1) is 0 Å². The summed E-state index contributed by atoms with van der Waals surface area (Å²) in [5, 5.41) is 0. The molecule has 1 radical (unpaired) electrons. The fourth-order valence-corrected chi connectivity index (χ4v) is 3.39. The molecule has 5 nitrogen and oxygen atoms in total. The number of pyridine rings is 1. The van der Waals surface area contributed by atoms with E-state index in [0.717, 1.165) is 11.1 Å². The Bertz CT molecular complexity index is 1340. The first-order chi connectivity index (χ1) is 18.8. The van der Waals surface area contributed by atoms with E-state index in [9.17, 15) is 33.8 Å². The van der Waals surface area contributed by atoms with E-state index in [4.69, 9.17) is 19.5 Å². The van der Waals surface area contributed by atoms with Crippen LogP contribution in [0.1, 0.15) is 34.6 Å². The second kappa shape index (κ2) is 11.6. The summed E-state index contributed by atoms with van der Waals surface area (Å²) < 4.78 is 131. The van der Waals surface area contributed by atoms with Crippen LogP contribution in [0.15, 0.2) is 88.8 Å². The Hall–Kier alpha value is -2.15. The fraction of sp³-hybridized carbons (Fsp3) is 0.174. The van der Waals surface area contributed by atoms with Gasteiger partial charge in [0.2, 0.25) is 11.8 Å². The Morgan fingerprint density at radius 1 is 0.488 bits per heavy atom. The van der Waals surface area contributed by atoms with Crippen molar-refractivity contribution in [2.24, 2.45) is 9.98 Å². The van der Waals surface area contributed by atoms with Gasteiger partial charge < -0.3 is 9.47 Å². The molecule has 0 fully saturated rings. The largest absolute Gasteiger partial charge is 0.474 e. The van der Waals surface area contributed by atoms with Crippen molar-refractivity contribution in [3.05, 3.63) is 101 Å². The summed E-state index contributed by atoms with van der Waals surface area (Å²) in [5.41, 5.74) is 3.68. The van der Waals surface area contributed by atoms with Crippen LogP contribution in [0.2, 0.25) is 0 Å². The van der Waals surface area contributed by atoms with E-state index >= 15 is 0 Å². The molecule has 0 aliphatic carbocycles. The van der Waals surface area contributed by atoms with Crippen LogP contribution in [0.4, 0.5) is 33.8 Å². The first-order valence-electron chi connectivity index (χ1n) is 11.4. The van der Waals surface area contributed by atoms with E-state index in [1.165, 1.54) is 0 Å². The smallest absolute Gasteiger partial charge is 0.236 e. The van der Waals surface area contributed by atoms with E-state index in [0.29, 0.717) is 36.4 Å². The molecule has 243 valence electrons. The SMILES string of the molecule is [Cu+2].[F][Sb-]([F])([F])([F])([F])[F].[F][Sb-]([F])([F])([F])([F])[F].c1ccc([C@H]2COC(c3cccc(C4=N[C@@H](c5ccccc5)CO4)n3)=N2)cc1. The Morgan fingerprint density at radius 2 is 0.791 bits per heavy atom. The monoisotopic (exact) mass is 902 g/mol. The van der Waals surface area contributed by atoms with Gasteiger partial charge in [0.25, 0.3) is 0 Å². The van der Waals surface area contributed by atoms with Gasteiger partial charge in [0, 0.05) is 0 Å². The summed E-state index contributed by atoms with van der Waals surface area (Å²) in [5.74, 6) is 1.13. The number of hydrogen-bond acceptors (Lipinski definition) is 5. The summed E-state index contributed by atoms with van der Waals surface area (Å²) >= 11 is -22.5. The molecule has 3 aromatic rings. The molecule has 0 bridgehead atoms. The second-order valence-electron chi connectivity index (χ2n) is 8.67. The van der Waals surface area contributed by atoms with Crippen LogP contribution >= 0.6 is 0 Å². The van der Waals surface area contributed by atoms with Crippen LogP contribution in [0.3, 0.4) is 0 Å². The molecule has 2 atom stereocenters. The van der Waals surface area contributed by atoms with Crippen molar-refractivity contribution < 1.29 is 60.3 Å². The van der Waals surface area contributed by atoms with E-state index in [1.807, 2.05) is 54.6 Å². The van der Waals surface area contributed by atoms with Gasteiger partial charge in [-0.1, -0.05) is 66.7 Å². The molecule has 0 unspecified atom stereocenters. The maximum atomic E-state index is 9.93. The maximum Gasteiger partial charge on any atom is 0.236 e. The van der Waals surface area contributed by atoms with Crippen LogP contribution in [0.5, 0.6) is 0 Å². The molecular weight excluding hydrogens is 885 g/mol. The molecule has 0 saturated carbocycles. The van der Waals surface area contributed by atoms with Gasteiger partial charge >= 0.3 is 89.8 Å². The van der Waals surface area contributed by atoms with Crippen LogP contribution in [0.25, 0.3) is 0 Å². The Labute approximate surface area is 251 Å². The predicted molar refractivity (Wildman–Crippen MR) is 132 cm³/mol. The van der Waals surface area contributed by atoms with Crippen molar-refractivity contribution in [3.8, 4) is 0 Å². The first kappa shape index (κ1) is 37.0. The molecule has 0 saturated heterocycles. The number of ether oxygens (including phenoxy) is 2. The van der Waals surface area contributed by atoms with Crippen molar-refractivity contribution in [1.29, 1.82) is 0 Å². The molecule has 1 aromatic heterocycles. The summed E-state index contributed by atoms with van der Waals surface area (Å²) in [6.07, 6.45) is 0. The summed E-state index contributed by atoms with van der Waals surface area (Å²) in [7, 11) is 0. The number of nitrogens with zero attached hydrogens (tertiary/aromatic N) is 3. The van der Waals surface area contributed by atoms with Crippen LogP contribution in [-0.2, 0) is 26.5 Å². The number of rotatable bonds is 4. The first-order valence-corrected chi connectivity index (χ1v) is 23.0. The number of hydrogen-bond donors (Lipinski definition) is 0. The minimum Gasteiger partial charge on any atom is -0.474 e. The van der Waals surface area contributed by atoms with Crippen molar-refractivity contribution in [2.75, 3.05) is 13.2 Å². The molecule has 2 aliphatic heterocycles. The molecule has 0 spiro atoms. The van der Waals surface area contributed by atoms with Crippen LogP contribution in [0, 0.1) is 0 Å². The number of benzene rings is 2. The average Bonchev–Trinajstić information content (AvgIpc) is 3.52. The molecule has 43 heavy (non-hydrogen) atoms. The van der Waals surface area contributed by atoms with Gasteiger partial charge in [-0.05, 0) is 23.3 Å². The normalized spacial score (nSPS) is 21.1. The van der Waals surface area contributed by atoms with Crippen molar-refractivity contribution in [2.45, 2.75) is 12.1 Å². The van der Waals surface area contributed by atoms with Gasteiger partial charge in [-0.3, -0.25) is 0 Å². The van der Waals surface area contributed by atoms with E-state index < -0.39 is 39.0 Å². The molecule has 2 aliphatic rings. The number of halogens is 12. The zero-order valence-electron chi connectivity index (χ0n) is 21.0. The standard InChI is InChI=1S/C23H19N3O2.Cu.12FH.2Sb/c1-3-8-16(9-4-1)20-14-27-22(25-20)18-12-7-13-19(24-18)23-26-21(15-28-23)17-10-5-2-6-11-17;;;;;;;;;;;;;;;/h1-13,20-21H,14-15H2;;12*1H;;/q;+2;;;;;;;;;;;;;2*+5/p-12/t20-,21-;;;;;;;;;;;;;;;/m1.............../s1. The second-order valence-corrected chi connectivity index (χ2v) is 19.6. The number of aromatic nitrogens is 1. The van der Waals surface area contributed by atoms with E-state index in [1.54, 1.807) is 0 Å². The quantitative estimate of drug-likeness (QED) is 0.196. The van der Waals surface area contributed by atoms with Gasteiger partial charge in [-0.2, -0.15) is 0 Å². The molecule has 0 N–H and O–H groups in total. The van der Waals surface area contributed by atoms with E-state index in [2.05, 4.69) is 29.2 Å². The van der Waals surface area contributed by atoms with Crippen molar-refractivity contribution in [1.82, 2.24) is 4.98 Å². The zero-order chi connectivity index (χ0) is 31.6. The summed E-state index contributed by atoms with van der Waals surface area (Å²) in [4.78, 5) is 14.1. The van der Waals surface area contributed by atoms with Gasteiger partial charge in [0.1, 0.15) is 36.7 Å². The van der Waals surface area contributed by atoms with Crippen molar-refractivity contribution in [3.63, 3.8) is 0 Å². The summed E-state index contributed by atoms with van der Waals surface area (Å²) in [6, 6.07) is 26.1. The third-order valence-electron chi connectivity index (χ3n) is 4.86. The Morgan fingerprint density at radius 3 is 1.09 bits per heavy atom. The van der Waals surface area contributed by atoms with E-state index in [-0.39, 0.29) is 29.2 Å². The molecule has 0 amide bonds. The third kappa shape index (κ3) is 17.1. The minimum absolute atomic E-state index is 0. The molecular formula is C23H19CuF12N3O2Sb2. The third-order valence-corrected chi connectivity index (χ3v) is 4.86. The fourth-order valence-electron chi connectivity index (χ4n) is 3.39. The molecule has 20 heteroatoms. The minimum atomic E-state index is -11.2. The summed E-state index contributed by atoms with van der Waals surface area (Å²) in [6.45, 7) is 1.05. The van der Waals surface area contributed by atoms with Gasteiger partial charge in [0.15, 0.2) is 0 Å².